The monoisotopic (exact) mass is 596 g/mol. The van der Waals surface area contributed by atoms with Crippen LogP contribution in [-0.4, -0.2) is 58.6 Å². The minimum absolute atomic E-state index is 0.283. The van der Waals surface area contributed by atoms with Crippen molar-refractivity contribution >= 4 is 22.3 Å². The van der Waals surface area contributed by atoms with Crippen LogP contribution in [0.15, 0.2) is 24.3 Å². The Morgan fingerprint density at radius 2 is 0.909 bits per heavy atom. The molecule has 44 heavy (non-hydrogen) atoms. The molecular weight excluding hydrogens is 540 g/mol. The zero-order valence-electron chi connectivity index (χ0n) is 27.3. The maximum atomic E-state index is 14.2. The van der Waals surface area contributed by atoms with E-state index in [9.17, 15) is 9.59 Å². The summed E-state index contributed by atoms with van der Waals surface area (Å²) in [5.74, 6) is 0.591. The number of nitrogens with zero attached hydrogens (tertiary/aromatic N) is 2. The lowest BCUT2D eigenvalue weighted by Gasteiger charge is -2.41. The van der Waals surface area contributed by atoms with Crippen LogP contribution in [0.4, 0.5) is 0 Å². The molecule has 0 atom stereocenters. The summed E-state index contributed by atoms with van der Waals surface area (Å²) in [6.07, 6.45) is 27.7. The van der Waals surface area contributed by atoms with Crippen LogP contribution in [0.25, 0.3) is 10.8 Å². The minimum atomic E-state index is 0.283. The van der Waals surface area contributed by atoms with Gasteiger partial charge in [0.1, 0.15) is 0 Å². The molecule has 0 unspecified atom stereocenters. The van der Waals surface area contributed by atoms with Gasteiger partial charge in [0.05, 0.1) is 13.1 Å². The van der Waals surface area contributed by atoms with Gasteiger partial charge >= 0.3 is 0 Å². The number of benzene rings is 2. The number of carbonyl (C=O) groups is 2. The second-order valence-corrected chi connectivity index (χ2v) is 15.1. The van der Waals surface area contributed by atoms with E-state index < -0.39 is 0 Å². The Labute approximate surface area is 266 Å². The lowest BCUT2D eigenvalue weighted by Crippen LogP contribution is -2.47. The molecule has 0 radical (unpaired) electrons. The van der Waals surface area contributed by atoms with Crippen molar-refractivity contribution < 1.29 is 9.59 Å². The molecule has 4 nitrogen and oxygen atoms in total. The third-order valence-corrected chi connectivity index (χ3v) is 12.4. The Kier molecular flexibility index (Phi) is 9.85. The maximum absolute atomic E-state index is 14.2. The molecule has 0 heterocycles. The number of aryl methyl sites for hydroxylation is 2. The molecule has 5 aliphatic rings. The van der Waals surface area contributed by atoms with Crippen LogP contribution in [0.1, 0.15) is 160 Å². The lowest BCUT2D eigenvalue weighted by molar-refractivity contribution is 0.0642. The molecule has 4 fully saturated rings. The van der Waals surface area contributed by atoms with Crippen molar-refractivity contribution in [2.45, 2.75) is 165 Å². The van der Waals surface area contributed by atoms with Crippen molar-refractivity contribution in [3.8, 4) is 0 Å². The van der Waals surface area contributed by atoms with Crippen molar-refractivity contribution in [1.29, 1.82) is 0 Å². The summed E-state index contributed by atoms with van der Waals surface area (Å²) in [6.45, 7) is 1.12. The summed E-state index contributed by atoms with van der Waals surface area (Å²) in [5.41, 5.74) is 4.37. The molecule has 0 aliphatic heterocycles. The van der Waals surface area contributed by atoms with Crippen molar-refractivity contribution in [1.82, 2.24) is 9.80 Å². The molecule has 0 spiro atoms. The van der Waals surface area contributed by atoms with Gasteiger partial charge in [0.15, 0.2) is 11.6 Å². The molecule has 0 saturated heterocycles. The number of ketones is 2. The fourth-order valence-corrected chi connectivity index (χ4v) is 10.1. The molecule has 0 amide bonds. The molecule has 0 aromatic heterocycles. The number of rotatable bonds is 10. The smallest absolute Gasteiger partial charge is 0.177 e. The number of hydrogen-bond acceptors (Lipinski definition) is 4. The SMILES string of the molecule is O=C(CN(C1CCCCC1)C1CCCCC1)c1ccc2c(C(=O)CN(C3CCCCC3)C3CCCCC3)ccc3c2c1CC3. The zero-order valence-corrected chi connectivity index (χ0v) is 27.3. The Hall–Kier alpha value is -2.04. The molecule has 0 N–H and O–H groups in total. The van der Waals surface area contributed by atoms with Gasteiger partial charge in [-0.05, 0) is 86.1 Å². The highest BCUT2D eigenvalue weighted by molar-refractivity contribution is 6.13. The second kappa shape index (κ2) is 14.2. The Morgan fingerprint density at radius 3 is 1.36 bits per heavy atom. The van der Waals surface area contributed by atoms with E-state index in [2.05, 4.69) is 34.1 Å². The summed E-state index contributed by atoms with van der Waals surface area (Å²) in [7, 11) is 0. The number of Topliss-reactive ketones (excluding diaryl/α,β-unsaturated/α-hetero) is 2. The standard InChI is InChI=1S/C40H56N2O2/c43-38(27-41(30-13-5-1-6-14-30)31-15-7-2-8-16-31)34-23-21-29-22-24-36-35(25-26-37(34)40(29)36)39(44)28-42(32-17-9-3-10-18-32)33-19-11-4-12-20-33/h21,23,25-26,30-33H,1-20,22,24,27-28H2. The minimum Gasteiger partial charge on any atom is -0.293 e. The third kappa shape index (κ3) is 6.45. The molecular formula is C40H56N2O2. The van der Waals surface area contributed by atoms with Gasteiger partial charge in [-0.3, -0.25) is 19.4 Å². The average Bonchev–Trinajstić information content (AvgIpc) is 3.53. The molecule has 7 rings (SSSR count). The summed E-state index contributed by atoms with van der Waals surface area (Å²) >= 11 is 0. The number of hydrogen-bond donors (Lipinski definition) is 0. The fourth-order valence-electron chi connectivity index (χ4n) is 10.1. The van der Waals surface area contributed by atoms with Crippen LogP contribution < -0.4 is 0 Å². The van der Waals surface area contributed by atoms with Gasteiger partial charge in [-0.1, -0.05) is 101 Å². The van der Waals surface area contributed by atoms with Crippen LogP contribution in [0.5, 0.6) is 0 Å². The lowest BCUT2D eigenvalue weighted by atomic mass is 9.87. The average molecular weight is 597 g/mol. The molecule has 0 bridgehead atoms. The van der Waals surface area contributed by atoms with E-state index in [0.29, 0.717) is 43.0 Å². The van der Waals surface area contributed by atoms with E-state index in [1.165, 1.54) is 145 Å². The predicted octanol–water partition coefficient (Wildman–Crippen LogP) is 9.24. The van der Waals surface area contributed by atoms with Crippen LogP contribution in [-0.2, 0) is 12.8 Å². The highest BCUT2D eigenvalue weighted by Gasteiger charge is 2.34. The van der Waals surface area contributed by atoms with Gasteiger partial charge < -0.3 is 0 Å². The number of carbonyl (C=O) groups excluding carboxylic acids is 2. The summed E-state index contributed by atoms with van der Waals surface area (Å²) in [4.78, 5) is 33.7. The topological polar surface area (TPSA) is 40.6 Å². The van der Waals surface area contributed by atoms with Crippen LogP contribution >= 0.6 is 0 Å². The molecule has 238 valence electrons. The Morgan fingerprint density at radius 1 is 0.500 bits per heavy atom. The first kappa shape index (κ1) is 30.6. The van der Waals surface area contributed by atoms with Gasteiger partial charge in [-0.25, -0.2) is 0 Å². The van der Waals surface area contributed by atoms with E-state index >= 15 is 0 Å². The van der Waals surface area contributed by atoms with Crippen LogP contribution in [0.3, 0.4) is 0 Å². The van der Waals surface area contributed by atoms with E-state index in [4.69, 9.17) is 0 Å². The molecule has 4 saturated carbocycles. The Bertz CT molecular complexity index is 1270. The highest BCUT2D eigenvalue weighted by atomic mass is 16.1. The second-order valence-electron chi connectivity index (χ2n) is 15.1. The van der Waals surface area contributed by atoms with Crippen LogP contribution in [0, 0.1) is 0 Å². The molecule has 4 heteroatoms. The quantitative estimate of drug-likeness (QED) is 0.256. The first-order valence-corrected chi connectivity index (χ1v) is 18.8. The fraction of sp³-hybridized carbons (Fsp3) is 0.700. The molecule has 2 aromatic rings. The maximum Gasteiger partial charge on any atom is 0.177 e. The van der Waals surface area contributed by atoms with Gasteiger partial charge in [0, 0.05) is 35.3 Å². The summed E-state index contributed by atoms with van der Waals surface area (Å²) < 4.78 is 0. The normalized spacial score (nSPS) is 22.8. The first-order chi connectivity index (χ1) is 21.7. The van der Waals surface area contributed by atoms with Gasteiger partial charge in [-0.2, -0.15) is 0 Å². The molecule has 5 aliphatic carbocycles. The first-order valence-electron chi connectivity index (χ1n) is 18.8. The van der Waals surface area contributed by atoms with E-state index in [1.807, 2.05) is 0 Å². The van der Waals surface area contributed by atoms with Gasteiger partial charge in [-0.15, -0.1) is 0 Å². The van der Waals surface area contributed by atoms with Gasteiger partial charge in [0.2, 0.25) is 0 Å². The predicted molar refractivity (Wildman–Crippen MR) is 181 cm³/mol. The zero-order chi connectivity index (χ0) is 29.9. The highest BCUT2D eigenvalue weighted by Crippen LogP contribution is 2.38. The van der Waals surface area contributed by atoms with Gasteiger partial charge in [0.25, 0.3) is 0 Å². The summed E-state index contributed by atoms with van der Waals surface area (Å²) in [5, 5.41) is 2.32. The van der Waals surface area contributed by atoms with Crippen molar-refractivity contribution in [3.05, 3.63) is 46.5 Å². The van der Waals surface area contributed by atoms with Crippen molar-refractivity contribution in [2.24, 2.45) is 0 Å². The van der Waals surface area contributed by atoms with Crippen molar-refractivity contribution in [2.75, 3.05) is 13.1 Å². The Balaban J connectivity index is 1.15. The van der Waals surface area contributed by atoms with E-state index in [0.717, 1.165) is 29.4 Å². The van der Waals surface area contributed by atoms with Crippen LogP contribution in [0.2, 0.25) is 0 Å². The van der Waals surface area contributed by atoms with Crippen molar-refractivity contribution in [3.63, 3.8) is 0 Å². The third-order valence-electron chi connectivity index (χ3n) is 12.4. The van der Waals surface area contributed by atoms with E-state index in [1.54, 1.807) is 0 Å². The van der Waals surface area contributed by atoms with E-state index in [-0.39, 0.29) is 5.78 Å². The summed E-state index contributed by atoms with van der Waals surface area (Å²) in [6, 6.07) is 10.8. The largest absolute Gasteiger partial charge is 0.293 e. The molecule has 2 aromatic carbocycles.